The summed E-state index contributed by atoms with van der Waals surface area (Å²) in [4.78, 5) is 24.1. The minimum Gasteiger partial charge on any atom is -0.293 e. The fourth-order valence-corrected chi connectivity index (χ4v) is 3.82. The number of nitrogens with zero attached hydrogens (tertiary/aromatic N) is 2. The predicted molar refractivity (Wildman–Crippen MR) is 91.3 cm³/mol. The zero-order valence-corrected chi connectivity index (χ0v) is 14.1. The highest BCUT2D eigenvalue weighted by molar-refractivity contribution is 7.99. The zero-order valence-electron chi connectivity index (χ0n) is 13.3. The zero-order chi connectivity index (χ0) is 16.2. The number of rotatable bonds is 6. The first-order valence-corrected chi connectivity index (χ1v) is 9.10. The van der Waals surface area contributed by atoms with Crippen LogP contribution in [-0.4, -0.2) is 26.3 Å². The number of benzene rings is 1. The van der Waals surface area contributed by atoms with Crippen molar-refractivity contribution in [2.75, 3.05) is 5.75 Å². The van der Waals surface area contributed by atoms with Crippen molar-refractivity contribution in [1.82, 2.24) is 14.8 Å². The fourth-order valence-electron chi connectivity index (χ4n) is 2.95. The lowest BCUT2D eigenvalue weighted by atomic mass is 9.90. The molecule has 3 rings (SSSR count). The van der Waals surface area contributed by atoms with Gasteiger partial charge in [0.2, 0.25) is 0 Å². The van der Waals surface area contributed by atoms with Crippen LogP contribution in [0.2, 0.25) is 0 Å². The molecule has 1 N–H and O–H groups in total. The lowest BCUT2D eigenvalue weighted by Crippen LogP contribution is -2.17. The van der Waals surface area contributed by atoms with Gasteiger partial charge in [-0.3, -0.25) is 9.36 Å². The van der Waals surface area contributed by atoms with Crippen molar-refractivity contribution in [3.8, 4) is 0 Å². The summed E-state index contributed by atoms with van der Waals surface area (Å²) >= 11 is 1.32. The Morgan fingerprint density at radius 1 is 1.30 bits per heavy atom. The number of aromatic amines is 1. The fraction of sp³-hybridized carbons (Fsp3) is 0.471. The number of thioether (sulfide) groups is 1. The lowest BCUT2D eigenvalue weighted by molar-refractivity contribution is 0.102. The maximum atomic E-state index is 12.4. The molecule has 2 aromatic rings. The highest BCUT2D eigenvalue weighted by atomic mass is 32.2. The van der Waals surface area contributed by atoms with Crippen LogP contribution in [0.15, 0.2) is 28.2 Å². The quantitative estimate of drug-likeness (QED) is 0.653. The Bertz CT molecular complexity index is 763. The Kier molecular flexibility index (Phi) is 5.00. The predicted octanol–water partition coefficient (Wildman–Crippen LogP) is 2.84. The Morgan fingerprint density at radius 2 is 2.09 bits per heavy atom. The molecule has 0 unspecified atom stereocenters. The normalized spacial score (nSPS) is 13.8. The van der Waals surface area contributed by atoms with Gasteiger partial charge in [0, 0.05) is 12.1 Å². The number of carbonyl (C=O) groups is 1. The van der Waals surface area contributed by atoms with Crippen LogP contribution in [0.3, 0.4) is 0 Å². The number of Topliss-reactive ketones (excluding diaryl/α,β-unsaturated/α-hetero) is 1. The summed E-state index contributed by atoms with van der Waals surface area (Å²) in [6, 6.07) is 6.06. The van der Waals surface area contributed by atoms with E-state index in [0.29, 0.717) is 17.5 Å². The minimum absolute atomic E-state index is 0.0851. The summed E-state index contributed by atoms with van der Waals surface area (Å²) in [5, 5.41) is 7.04. The van der Waals surface area contributed by atoms with E-state index in [-0.39, 0.29) is 11.5 Å². The van der Waals surface area contributed by atoms with Crippen molar-refractivity contribution in [3.05, 3.63) is 45.4 Å². The van der Waals surface area contributed by atoms with E-state index >= 15 is 0 Å². The number of hydrogen-bond acceptors (Lipinski definition) is 4. The second-order valence-corrected chi connectivity index (χ2v) is 6.81. The van der Waals surface area contributed by atoms with Gasteiger partial charge in [-0.2, -0.15) is 0 Å². The van der Waals surface area contributed by atoms with Gasteiger partial charge in [0.25, 0.3) is 0 Å². The van der Waals surface area contributed by atoms with E-state index in [9.17, 15) is 9.59 Å². The molecule has 0 saturated carbocycles. The Balaban J connectivity index is 1.69. The van der Waals surface area contributed by atoms with E-state index in [1.54, 1.807) is 4.57 Å². The van der Waals surface area contributed by atoms with E-state index in [1.807, 2.05) is 19.1 Å². The average molecular weight is 331 g/mol. The molecule has 1 aliphatic rings. The lowest BCUT2D eigenvalue weighted by Gasteiger charge is -2.16. The van der Waals surface area contributed by atoms with Crippen LogP contribution in [0.1, 0.15) is 47.7 Å². The molecule has 1 aromatic carbocycles. The number of nitrogens with one attached hydrogen (secondary N) is 1. The monoisotopic (exact) mass is 331 g/mol. The van der Waals surface area contributed by atoms with Gasteiger partial charge in [0.1, 0.15) is 0 Å². The minimum atomic E-state index is -0.212. The number of carbonyl (C=O) groups excluding carboxylic acids is 1. The van der Waals surface area contributed by atoms with Gasteiger partial charge < -0.3 is 0 Å². The molecule has 6 heteroatoms. The first-order valence-electron chi connectivity index (χ1n) is 8.12. The second-order valence-electron chi connectivity index (χ2n) is 5.87. The van der Waals surface area contributed by atoms with Crippen LogP contribution >= 0.6 is 11.8 Å². The number of fused-ring (bicyclic) bond motifs is 1. The summed E-state index contributed by atoms with van der Waals surface area (Å²) in [7, 11) is 0. The summed E-state index contributed by atoms with van der Waals surface area (Å²) < 4.78 is 1.59. The standard InChI is InChI=1S/C17H21N3O2S/c1-2-9-20-16(22)18-19-17(20)23-11-15(21)14-8-7-12-5-3-4-6-13(12)10-14/h7-8,10H,2-6,9,11H2,1H3,(H,18,22). The number of hydrogen-bond donors (Lipinski definition) is 1. The molecule has 5 nitrogen and oxygen atoms in total. The third-order valence-electron chi connectivity index (χ3n) is 4.17. The molecule has 0 atom stereocenters. The highest BCUT2D eigenvalue weighted by Gasteiger charge is 2.15. The highest BCUT2D eigenvalue weighted by Crippen LogP contribution is 2.23. The topological polar surface area (TPSA) is 67.8 Å². The number of aryl methyl sites for hydroxylation is 2. The number of ketones is 1. The Labute approximate surface area is 139 Å². The summed E-state index contributed by atoms with van der Waals surface area (Å²) in [5.41, 5.74) is 3.24. The SMILES string of the molecule is CCCn1c(SCC(=O)c2ccc3c(c2)CCCC3)n[nH]c1=O. The van der Waals surface area contributed by atoms with Gasteiger partial charge in [0.15, 0.2) is 10.9 Å². The largest absolute Gasteiger partial charge is 0.343 e. The van der Waals surface area contributed by atoms with E-state index in [4.69, 9.17) is 0 Å². The van der Waals surface area contributed by atoms with E-state index in [2.05, 4.69) is 16.3 Å². The van der Waals surface area contributed by atoms with Crippen molar-refractivity contribution in [2.45, 2.75) is 50.7 Å². The van der Waals surface area contributed by atoms with Crippen molar-refractivity contribution in [2.24, 2.45) is 0 Å². The van der Waals surface area contributed by atoms with Gasteiger partial charge in [0.05, 0.1) is 5.75 Å². The molecular weight excluding hydrogens is 310 g/mol. The van der Waals surface area contributed by atoms with Crippen LogP contribution in [0.25, 0.3) is 0 Å². The maximum Gasteiger partial charge on any atom is 0.343 e. The average Bonchev–Trinajstić information content (AvgIpc) is 2.93. The first-order chi connectivity index (χ1) is 11.2. The van der Waals surface area contributed by atoms with E-state index in [1.165, 1.54) is 35.7 Å². The third-order valence-corrected chi connectivity index (χ3v) is 5.15. The van der Waals surface area contributed by atoms with Crippen LogP contribution in [0.4, 0.5) is 0 Å². The second kappa shape index (κ2) is 7.17. The molecule has 0 fully saturated rings. The van der Waals surface area contributed by atoms with Crippen LogP contribution in [0.5, 0.6) is 0 Å². The Hall–Kier alpha value is -1.82. The molecule has 0 bridgehead atoms. The molecule has 0 saturated heterocycles. The number of H-pyrrole nitrogens is 1. The van der Waals surface area contributed by atoms with Crippen molar-refractivity contribution < 1.29 is 4.79 Å². The molecule has 1 aliphatic carbocycles. The van der Waals surface area contributed by atoms with E-state index in [0.717, 1.165) is 24.8 Å². The van der Waals surface area contributed by atoms with Crippen molar-refractivity contribution in [3.63, 3.8) is 0 Å². The molecule has 0 amide bonds. The van der Waals surface area contributed by atoms with Gasteiger partial charge >= 0.3 is 5.69 Å². The van der Waals surface area contributed by atoms with Crippen LogP contribution in [0, 0.1) is 0 Å². The molecule has 0 radical (unpaired) electrons. The van der Waals surface area contributed by atoms with E-state index < -0.39 is 0 Å². The first kappa shape index (κ1) is 16.1. The van der Waals surface area contributed by atoms with Crippen LogP contribution in [-0.2, 0) is 19.4 Å². The Morgan fingerprint density at radius 3 is 2.87 bits per heavy atom. The molecule has 1 heterocycles. The number of aromatic nitrogens is 3. The third kappa shape index (κ3) is 3.58. The molecule has 122 valence electrons. The molecule has 23 heavy (non-hydrogen) atoms. The summed E-state index contributed by atoms with van der Waals surface area (Å²) in [6.45, 7) is 2.62. The van der Waals surface area contributed by atoms with Crippen molar-refractivity contribution in [1.29, 1.82) is 0 Å². The van der Waals surface area contributed by atoms with Crippen LogP contribution < -0.4 is 5.69 Å². The van der Waals surface area contributed by atoms with Gasteiger partial charge in [-0.15, -0.1) is 5.10 Å². The van der Waals surface area contributed by atoms with Gasteiger partial charge in [-0.25, -0.2) is 9.89 Å². The molecule has 0 aliphatic heterocycles. The smallest absolute Gasteiger partial charge is 0.293 e. The van der Waals surface area contributed by atoms with Gasteiger partial charge in [-0.1, -0.05) is 30.8 Å². The van der Waals surface area contributed by atoms with Gasteiger partial charge in [-0.05, 0) is 49.3 Å². The summed E-state index contributed by atoms with van der Waals surface area (Å²) in [5.74, 6) is 0.383. The molecule has 1 aromatic heterocycles. The summed E-state index contributed by atoms with van der Waals surface area (Å²) in [6.07, 6.45) is 5.49. The van der Waals surface area contributed by atoms with Crippen molar-refractivity contribution >= 4 is 17.5 Å². The molecule has 0 spiro atoms. The maximum absolute atomic E-state index is 12.4. The molecular formula is C17H21N3O2S.